The van der Waals surface area contributed by atoms with Crippen molar-refractivity contribution in [1.82, 2.24) is 0 Å². The van der Waals surface area contributed by atoms with Crippen molar-refractivity contribution in [1.29, 1.82) is 0 Å². The van der Waals surface area contributed by atoms with Crippen LogP contribution in [0.5, 0.6) is 0 Å². The number of aliphatic hydroxyl groups is 1. The molecule has 58 valence electrons. The fourth-order valence-corrected chi connectivity index (χ4v) is 0.781. The average molecular weight is 154 g/mol. The van der Waals surface area contributed by atoms with Crippen molar-refractivity contribution < 1.29 is 19.8 Å². The molecule has 0 bridgehead atoms. The number of carbonyl (C=O) groups is 2. The monoisotopic (exact) mass is 154 g/mol. The molecule has 0 aromatic rings. The number of carboxylic acid groups (broad SMARTS) is 1. The summed E-state index contributed by atoms with van der Waals surface area (Å²) in [6, 6.07) is 0. The standard InChI is InChI=1S/C7H6O4/c8-5-3-1-2-4(6(5)9)7(10)11/h1-4,8H,(H,10,11). The summed E-state index contributed by atoms with van der Waals surface area (Å²) >= 11 is 0. The maximum absolute atomic E-state index is 10.8. The molecule has 1 atom stereocenters. The SMILES string of the molecule is O=C(O)C1C=CC=C(O)C1=O. The molecule has 11 heavy (non-hydrogen) atoms. The fraction of sp³-hybridized carbons (Fsp3) is 0.143. The minimum Gasteiger partial charge on any atom is -0.504 e. The number of aliphatic carboxylic acids is 1. The maximum atomic E-state index is 10.8. The summed E-state index contributed by atoms with van der Waals surface area (Å²) in [6.07, 6.45) is 3.74. The van der Waals surface area contributed by atoms with Gasteiger partial charge < -0.3 is 10.2 Å². The van der Waals surface area contributed by atoms with E-state index in [9.17, 15) is 9.59 Å². The Morgan fingerprint density at radius 1 is 1.55 bits per heavy atom. The molecule has 1 rings (SSSR count). The maximum Gasteiger partial charge on any atom is 0.318 e. The first-order valence-electron chi connectivity index (χ1n) is 2.97. The van der Waals surface area contributed by atoms with Crippen molar-refractivity contribution >= 4 is 11.8 Å². The summed E-state index contributed by atoms with van der Waals surface area (Å²) in [5, 5.41) is 17.2. The first-order chi connectivity index (χ1) is 5.13. The Bertz CT molecular complexity index is 262. The van der Waals surface area contributed by atoms with E-state index in [4.69, 9.17) is 10.2 Å². The van der Waals surface area contributed by atoms with Crippen LogP contribution in [0.3, 0.4) is 0 Å². The molecule has 4 nitrogen and oxygen atoms in total. The van der Waals surface area contributed by atoms with E-state index in [1.165, 1.54) is 18.2 Å². The minimum atomic E-state index is -1.24. The van der Waals surface area contributed by atoms with E-state index in [1.54, 1.807) is 0 Å². The molecule has 0 amide bonds. The number of Topliss-reactive ketones (excluding diaryl/α,β-unsaturated/α-hetero) is 1. The van der Waals surface area contributed by atoms with Crippen molar-refractivity contribution in [2.24, 2.45) is 5.92 Å². The van der Waals surface area contributed by atoms with Gasteiger partial charge in [-0.05, 0) is 6.08 Å². The number of rotatable bonds is 1. The van der Waals surface area contributed by atoms with Gasteiger partial charge in [0.15, 0.2) is 5.76 Å². The molecule has 4 heteroatoms. The van der Waals surface area contributed by atoms with Gasteiger partial charge in [0.2, 0.25) is 5.78 Å². The molecule has 0 radical (unpaired) electrons. The van der Waals surface area contributed by atoms with E-state index in [2.05, 4.69) is 0 Å². The van der Waals surface area contributed by atoms with E-state index in [0.717, 1.165) is 0 Å². The number of hydrogen-bond acceptors (Lipinski definition) is 3. The molecule has 0 fully saturated rings. The van der Waals surface area contributed by atoms with Crippen molar-refractivity contribution in [3.8, 4) is 0 Å². The predicted octanol–water partition coefficient (Wildman–Crippen LogP) is 0.268. The Labute approximate surface area is 62.5 Å². The van der Waals surface area contributed by atoms with Gasteiger partial charge in [0.25, 0.3) is 0 Å². The number of aliphatic hydroxyl groups excluding tert-OH is 1. The predicted molar refractivity (Wildman–Crippen MR) is 36.0 cm³/mol. The second-order valence-corrected chi connectivity index (χ2v) is 2.12. The number of allylic oxidation sites excluding steroid dienone is 3. The van der Waals surface area contributed by atoms with Crippen LogP contribution in [0.2, 0.25) is 0 Å². The van der Waals surface area contributed by atoms with Crippen LogP contribution < -0.4 is 0 Å². The van der Waals surface area contributed by atoms with E-state index in [0.29, 0.717) is 0 Å². The van der Waals surface area contributed by atoms with E-state index >= 15 is 0 Å². The Balaban J connectivity index is 2.90. The lowest BCUT2D eigenvalue weighted by Crippen LogP contribution is -2.24. The molecule has 0 saturated carbocycles. The normalized spacial score (nSPS) is 23.1. The van der Waals surface area contributed by atoms with Crippen molar-refractivity contribution in [3.05, 3.63) is 24.0 Å². The molecule has 2 N–H and O–H groups in total. The highest BCUT2D eigenvalue weighted by Gasteiger charge is 2.27. The van der Waals surface area contributed by atoms with Crippen molar-refractivity contribution in [3.63, 3.8) is 0 Å². The minimum absolute atomic E-state index is 0.500. The highest BCUT2D eigenvalue weighted by molar-refractivity contribution is 6.08. The Morgan fingerprint density at radius 2 is 2.18 bits per heavy atom. The molecule has 0 heterocycles. The molecule has 0 spiro atoms. The first-order valence-corrected chi connectivity index (χ1v) is 2.97. The molecule has 0 aromatic carbocycles. The highest BCUT2D eigenvalue weighted by Crippen LogP contribution is 2.12. The van der Waals surface area contributed by atoms with Crippen LogP contribution in [0.25, 0.3) is 0 Å². The lowest BCUT2D eigenvalue weighted by Gasteiger charge is -2.07. The van der Waals surface area contributed by atoms with Gasteiger partial charge in [-0.3, -0.25) is 9.59 Å². The summed E-state index contributed by atoms with van der Waals surface area (Å²) in [7, 11) is 0. The summed E-state index contributed by atoms with van der Waals surface area (Å²) in [4.78, 5) is 21.1. The van der Waals surface area contributed by atoms with E-state index in [-0.39, 0.29) is 0 Å². The van der Waals surface area contributed by atoms with Crippen LogP contribution in [-0.4, -0.2) is 22.0 Å². The highest BCUT2D eigenvalue weighted by atomic mass is 16.4. The zero-order valence-electron chi connectivity index (χ0n) is 5.52. The van der Waals surface area contributed by atoms with E-state index < -0.39 is 23.4 Å². The lowest BCUT2D eigenvalue weighted by atomic mass is 9.98. The summed E-state index contributed by atoms with van der Waals surface area (Å²) in [5.41, 5.74) is 0. The second kappa shape index (κ2) is 2.57. The quantitative estimate of drug-likeness (QED) is 0.531. The van der Waals surface area contributed by atoms with Gasteiger partial charge in [-0.1, -0.05) is 12.2 Å². The molecular formula is C7H6O4. The van der Waals surface area contributed by atoms with Gasteiger partial charge in [-0.15, -0.1) is 0 Å². The van der Waals surface area contributed by atoms with Crippen LogP contribution in [-0.2, 0) is 9.59 Å². The topological polar surface area (TPSA) is 74.6 Å². The Kier molecular flexibility index (Phi) is 1.76. The largest absolute Gasteiger partial charge is 0.504 e. The van der Waals surface area contributed by atoms with Crippen molar-refractivity contribution in [2.45, 2.75) is 0 Å². The van der Waals surface area contributed by atoms with Crippen LogP contribution in [0.1, 0.15) is 0 Å². The number of ketones is 1. The molecular weight excluding hydrogens is 148 g/mol. The number of carboxylic acids is 1. The molecule has 0 aliphatic heterocycles. The average Bonchev–Trinajstić information content (AvgIpc) is 1.94. The van der Waals surface area contributed by atoms with Crippen LogP contribution in [0, 0.1) is 5.92 Å². The zero-order chi connectivity index (χ0) is 8.43. The third-order valence-corrected chi connectivity index (χ3v) is 1.36. The second-order valence-electron chi connectivity index (χ2n) is 2.12. The van der Waals surface area contributed by atoms with Gasteiger partial charge in [0.05, 0.1) is 0 Å². The molecule has 0 saturated heterocycles. The third kappa shape index (κ3) is 1.29. The first kappa shape index (κ1) is 7.53. The number of carbonyl (C=O) groups excluding carboxylic acids is 1. The summed E-state index contributed by atoms with van der Waals surface area (Å²) in [6.45, 7) is 0. The molecule has 0 aromatic heterocycles. The lowest BCUT2D eigenvalue weighted by molar-refractivity contribution is -0.143. The van der Waals surface area contributed by atoms with Crippen LogP contribution in [0.15, 0.2) is 24.0 Å². The zero-order valence-corrected chi connectivity index (χ0v) is 5.52. The molecule has 1 aliphatic rings. The summed E-state index contributed by atoms with van der Waals surface area (Å²) < 4.78 is 0. The van der Waals surface area contributed by atoms with Gasteiger partial charge in [-0.2, -0.15) is 0 Å². The van der Waals surface area contributed by atoms with Crippen LogP contribution in [0.4, 0.5) is 0 Å². The molecule has 1 unspecified atom stereocenters. The summed E-state index contributed by atoms with van der Waals surface area (Å²) in [5.74, 6) is -3.73. The Morgan fingerprint density at radius 3 is 2.64 bits per heavy atom. The van der Waals surface area contributed by atoms with Gasteiger partial charge in [0.1, 0.15) is 5.92 Å². The smallest absolute Gasteiger partial charge is 0.318 e. The van der Waals surface area contributed by atoms with Gasteiger partial charge in [0, 0.05) is 0 Å². The fourth-order valence-electron chi connectivity index (χ4n) is 0.781. The number of hydrogen-bond donors (Lipinski definition) is 2. The third-order valence-electron chi connectivity index (χ3n) is 1.36. The molecule has 1 aliphatic carbocycles. The van der Waals surface area contributed by atoms with Crippen LogP contribution >= 0.6 is 0 Å². The van der Waals surface area contributed by atoms with Crippen molar-refractivity contribution in [2.75, 3.05) is 0 Å². The Hall–Kier alpha value is -1.58. The van der Waals surface area contributed by atoms with Gasteiger partial charge >= 0.3 is 5.97 Å². The van der Waals surface area contributed by atoms with Gasteiger partial charge in [-0.25, -0.2) is 0 Å². The van der Waals surface area contributed by atoms with E-state index in [1.807, 2.05) is 0 Å².